The molecular weight excluding hydrogens is 355 g/mol. The number of nitro benzene ring substituents is 1. The maximum absolute atomic E-state index is 12.9. The lowest BCUT2D eigenvalue weighted by molar-refractivity contribution is -0.384. The molecule has 0 N–H and O–H groups in total. The fourth-order valence-corrected chi connectivity index (χ4v) is 2.96. The van der Waals surface area contributed by atoms with Crippen LogP contribution in [0.4, 0.5) is 15.8 Å². The third-order valence-corrected chi connectivity index (χ3v) is 4.36. The highest BCUT2D eigenvalue weighted by Crippen LogP contribution is 2.31. The van der Waals surface area contributed by atoms with Gasteiger partial charge in [-0.15, -0.1) is 0 Å². The number of ketones is 1. The van der Waals surface area contributed by atoms with Gasteiger partial charge in [-0.2, -0.15) is 0 Å². The van der Waals surface area contributed by atoms with Crippen molar-refractivity contribution in [2.45, 2.75) is 12.8 Å². The zero-order valence-corrected chi connectivity index (χ0v) is 14.4. The van der Waals surface area contributed by atoms with E-state index in [2.05, 4.69) is 0 Å². The van der Waals surface area contributed by atoms with Crippen LogP contribution in [0.3, 0.4) is 0 Å². The van der Waals surface area contributed by atoms with Crippen LogP contribution in [0.25, 0.3) is 0 Å². The summed E-state index contributed by atoms with van der Waals surface area (Å²) in [6, 6.07) is 9.00. The Morgan fingerprint density at radius 1 is 1.07 bits per heavy atom. The van der Waals surface area contributed by atoms with Gasteiger partial charge in [0, 0.05) is 24.7 Å². The number of anilines is 1. The van der Waals surface area contributed by atoms with Gasteiger partial charge >= 0.3 is 5.97 Å². The van der Waals surface area contributed by atoms with E-state index < -0.39 is 29.1 Å². The third kappa shape index (κ3) is 4.28. The van der Waals surface area contributed by atoms with Crippen LogP contribution in [0, 0.1) is 15.9 Å². The molecule has 3 rings (SSSR count). The van der Waals surface area contributed by atoms with Gasteiger partial charge in [-0.1, -0.05) is 0 Å². The predicted molar refractivity (Wildman–Crippen MR) is 95.6 cm³/mol. The molecule has 0 saturated carbocycles. The Morgan fingerprint density at radius 2 is 1.70 bits per heavy atom. The van der Waals surface area contributed by atoms with Crippen LogP contribution in [0.1, 0.15) is 33.6 Å². The summed E-state index contributed by atoms with van der Waals surface area (Å²) in [6.07, 6.45) is 1.93. The first-order valence-corrected chi connectivity index (χ1v) is 8.45. The number of esters is 1. The monoisotopic (exact) mass is 372 g/mol. The zero-order valence-electron chi connectivity index (χ0n) is 14.4. The number of hydrogen-bond donors (Lipinski definition) is 0. The van der Waals surface area contributed by atoms with E-state index >= 15 is 0 Å². The van der Waals surface area contributed by atoms with Crippen molar-refractivity contribution in [1.82, 2.24) is 0 Å². The number of carbonyl (C=O) groups is 2. The van der Waals surface area contributed by atoms with Gasteiger partial charge in [0.05, 0.1) is 10.5 Å². The van der Waals surface area contributed by atoms with Gasteiger partial charge in [-0.3, -0.25) is 14.9 Å². The van der Waals surface area contributed by atoms with Crippen LogP contribution >= 0.6 is 0 Å². The molecule has 7 nitrogen and oxygen atoms in total. The molecule has 2 aromatic rings. The van der Waals surface area contributed by atoms with E-state index in [-0.39, 0.29) is 16.8 Å². The van der Waals surface area contributed by atoms with Crippen LogP contribution in [-0.4, -0.2) is 36.4 Å². The standard InChI is InChI=1S/C19H17FN2O5/c20-15-6-3-13(4-7-15)18(23)12-27-19(24)14-5-8-16(17(11-14)22(25)26)21-9-1-2-10-21/h3-8,11H,1-2,9-10,12H2. The van der Waals surface area contributed by atoms with Crippen molar-refractivity contribution in [3.63, 3.8) is 0 Å². The third-order valence-electron chi connectivity index (χ3n) is 4.36. The van der Waals surface area contributed by atoms with E-state index in [0.717, 1.165) is 38.1 Å². The van der Waals surface area contributed by atoms with Crippen LogP contribution in [0.5, 0.6) is 0 Å². The van der Waals surface area contributed by atoms with Crippen molar-refractivity contribution < 1.29 is 23.6 Å². The fraction of sp³-hybridized carbons (Fsp3) is 0.263. The first-order valence-electron chi connectivity index (χ1n) is 8.45. The summed E-state index contributed by atoms with van der Waals surface area (Å²) < 4.78 is 17.8. The van der Waals surface area contributed by atoms with Crippen LogP contribution < -0.4 is 4.90 Å². The fourth-order valence-electron chi connectivity index (χ4n) is 2.96. The molecule has 1 aliphatic rings. The molecule has 0 amide bonds. The van der Waals surface area contributed by atoms with Crippen molar-refractivity contribution in [2.75, 3.05) is 24.6 Å². The normalized spacial score (nSPS) is 13.4. The van der Waals surface area contributed by atoms with Gasteiger partial charge in [-0.25, -0.2) is 9.18 Å². The highest BCUT2D eigenvalue weighted by Gasteiger charge is 2.24. The number of carbonyl (C=O) groups excluding carboxylic acids is 2. The largest absolute Gasteiger partial charge is 0.454 e. The Hall–Kier alpha value is -3.29. The predicted octanol–water partition coefficient (Wildman–Crippen LogP) is 3.37. The molecule has 1 heterocycles. The summed E-state index contributed by atoms with van der Waals surface area (Å²) >= 11 is 0. The maximum atomic E-state index is 12.9. The Balaban J connectivity index is 1.70. The molecular formula is C19H17FN2O5. The molecule has 2 aromatic carbocycles. The summed E-state index contributed by atoms with van der Waals surface area (Å²) in [5.41, 5.74) is 0.503. The van der Waals surface area contributed by atoms with Crippen molar-refractivity contribution >= 4 is 23.1 Å². The number of hydrogen-bond acceptors (Lipinski definition) is 6. The molecule has 1 fully saturated rings. The Bertz CT molecular complexity index is 876. The second-order valence-corrected chi connectivity index (χ2v) is 6.16. The van der Waals surface area contributed by atoms with Gasteiger partial charge in [0.15, 0.2) is 12.4 Å². The van der Waals surface area contributed by atoms with Crippen molar-refractivity contribution in [3.8, 4) is 0 Å². The Labute approximate surface area is 154 Å². The molecule has 1 saturated heterocycles. The van der Waals surface area contributed by atoms with Crippen molar-refractivity contribution in [2.24, 2.45) is 0 Å². The summed E-state index contributed by atoms with van der Waals surface area (Å²) in [7, 11) is 0. The lowest BCUT2D eigenvalue weighted by Crippen LogP contribution is -2.19. The van der Waals surface area contributed by atoms with Crippen LogP contribution in [0.2, 0.25) is 0 Å². The van der Waals surface area contributed by atoms with Crippen LogP contribution in [0.15, 0.2) is 42.5 Å². The first-order chi connectivity index (χ1) is 13.0. The Kier molecular flexibility index (Phi) is 5.44. The van der Waals surface area contributed by atoms with E-state index in [1.807, 2.05) is 4.90 Å². The minimum absolute atomic E-state index is 0.00319. The number of rotatable bonds is 6. The average molecular weight is 372 g/mol. The van der Waals surface area contributed by atoms with Gasteiger partial charge in [-0.05, 0) is 49.2 Å². The SMILES string of the molecule is O=C(COC(=O)c1ccc(N2CCCC2)c([N+](=O)[O-])c1)c1ccc(F)cc1. The van der Waals surface area contributed by atoms with Gasteiger partial charge in [0.1, 0.15) is 11.5 Å². The molecule has 0 aliphatic carbocycles. The van der Waals surface area contributed by atoms with Crippen molar-refractivity contribution in [3.05, 3.63) is 69.5 Å². The second kappa shape index (κ2) is 7.94. The summed E-state index contributed by atoms with van der Waals surface area (Å²) in [5.74, 6) is -1.80. The number of Topliss-reactive ketones (excluding diaryl/α,β-unsaturated/α-hetero) is 1. The number of ether oxygens (including phenoxy) is 1. The van der Waals surface area contributed by atoms with E-state index in [1.54, 1.807) is 0 Å². The molecule has 0 aromatic heterocycles. The Morgan fingerprint density at radius 3 is 2.33 bits per heavy atom. The van der Waals surface area contributed by atoms with E-state index in [1.165, 1.54) is 30.3 Å². The molecule has 27 heavy (non-hydrogen) atoms. The molecule has 0 unspecified atom stereocenters. The van der Waals surface area contributed by atoms with E-state index in [9.17, 15) is 24.1 Å². The summed E-state index contributed by atoms with van der Waals surface area (Å²) in [4.78, 5) is 36.9. The average Bonchev–Trinajstić information content (AvgIpc) is 3.20. The second-order valence-electron chi connectivity index (χ2n) is 6.16. The van der Waals surface area contributed by atoms with Gasteiger partial charge in [0.2, 0.25) is 0 Å². The van der Waals surface area contributed by atoms with Gasteiger partial charge < -0.3 is 9.64 Å². The highest BCUT2D eigenvalue weighted by atomic mass is 19.1. The minimum atomic E-state index is -0.832. The first kappa shape index (κ1) is 18.5. The van der Waals surface area contributed by atoms with Crippen LogP contribution in [-0.2, 0) is 4.74 Å². The molecule has 140 valence electrons. The lowest BCUT2D eigenvalue weighted by atomic mass is 10.1. The van der Waals surface area contributed by atoms with Crippen molar-refractivity contribution in [1.29, 1.82) is 0 Å². The lowest BCUT2D eigenvalue weighted by Gasteiger charge is -2.17. The number of halogens is 1. The number of nitro groups is 1. The number of nitrogens with zero attached hydrogens (tertiary/aromatic N) is 2. The molecule has 0 spiro atoms. The summed E-state index contributed by atoms with van der Waals surface area (Å²) in [5, 5.41) is 11.4. The highest BCUT2D eigenvalue weighted by molar-refractivity contribution is 5.99. The minimum Gasteiger partial charge on any atom is -0.454 e. The van der Waals surface area contributed by atoms with E-state index in [4.69, 9.17) is 4.74 Å². The quantitative estimate of drug-likeness (QED) is 0.334. The van der Waals surface area contributed by atoms with Gasteiger partial charge in [0.25, 0.3) is 5.69 Å². The molecule has 0 atom stereocenters. The smallest absolute Gasteiger partial charge is 0.338 e. The number of benzene rings is 2. The maximum Gasteiger partial charge on any atom is 0.338 e. The molecule has 1 aliphatic heterocycles. The molecule has 0 bridgehead atoms. The molecule has 8 heteroatoms. The van der Waals surface area contributed by atoms with E-state index in [0.29, 0.717) is 5.69 Å². The molecule has 0 radical (unpaired) electrons. The summed E-state index contributed by atoms with van der Waals surface area (Å²) in [6.45, 7) is 0.930. The zero-order chi connectivity index (χ0) is 19.4. The topological polar surface area (TPSA) is 89.8 Å².